The van der Waals surface area contributed by atoms with Gasteiger partial charge in [0.15, 0.2) is 0 Å². The number of hydrogen-bond acceptors (Lipinski definition) is 0. The minimum Gasteiger partial charge on any atom is -0.207 e. The first-order valence-corrected chi connectivity index (χ1v) is 5.18. The lowest BCUT2D eigenvalue weighted by Crippen LogP contribution is -1.88. The van der Waals surface area contributed by atoms with Crippen molar-refractivity contribution in [3.8, 4) is 11.1 Å². The molecule has 0 fully saturated rings. The van der Waals surface area contributed by atoms with Crippen LogP contribution in [-0.2, 0) is 0 Å². The molecule has 3 heteroatoms. The fraction of sp³-hybridized carbons (Fsp3) is 0. The zero-order valence-electron chi connectivity index (χ0n) is 7.68. The fourth-order valence-corrected chi connectivity index (χ4v) is 1.82. The van der Waals surface area contributed by atoms with Crippen molar-refractivity contribution in [1.82, 2.24) is 0 Å². The Labute approximate surface area is 94.7 Å². The molecule has 0 N–H and O–H groups in total. The summed E-state index contributed by atoms with van der Waals surface area (Å²) in [5, 5.41) is 0. The molecular weight excluding hydrogens is 262 g/mol. The van der Waals surface area contributed by atoms with Crippen LogP contribution in [0.25, 0.3) is 11.1 Å². The van der Waals surface area contributed by atoms with Crippen molar-refractivity contribution in [3.63, 3.8) is 0 Å². The monoisotopic (exact) mass is 268 g/mol. The lowest BCUT2D eigenvalue weighted by Gasteiger charge is -2.05. The van der Waals surface area contributed by atoms with E-state index in [2.05, 4.69) is 15.9 Å². The van der Waals surface area contributed by atoms with Crippen molar-refractivity contribution in [2.75, 3.05) is 0 Å². The molecule has 0 bridgehead atoms. The fourth-order valence-electron chi connectivity index (χ4n) is 1.38. The van der Waals surface area contributed by atoms with E-state index in [-0.39, 0.29) is 10.0 Å². The highest BCUT2D eigenvalue weighted by molar-refractivity contribution is 9.10. The van der Waals surface area contributed by atoms with Gasteiger partial charge in [0, 0.05) is 5.56 Å². The van der Waals surface area contributed by atoms with Crippen LogP contribution in [0.3, 0.4) is 0 Å². The van der Waals surface area contributed by atoms with E-state index in [1.807, 2.05) is 6.07 Å². The molecule has 0 spiro atoms. The van der Waals surface area contributed by atoms with Crippen LogP contribution in [0.4, 0.5) is 8.78 Å². The van der Waals surface area contributed by atoms with E-state index in [0.29, 0.717) is 5.56 Å². The van der Waals surface area contributed by atoms with E-state index in [0.717, 1.165) is 6.07 Å². The molecule has 76 valence electrons. The maximum atomic E-state index is 13.7. The van der Waals surface area contributed by atoms with Crippen LogP contribution in [0.5, 0.6) is 0 Å². The lowest BCUT2D eigenvalue weighted by atomic mass is 10.1. The molecule has 0 nitrogen and oxygen atoms in total. The zero-order valence-corrected chi connectivity index (χ0v) is 9.26. The Kier molecular flexibility index (Phi) is 2.82. The minimum absolute atomic E-state index is 0.140. The zero-order chi connectivity index (χ0) is 10.8. The molecule has 0 saturated carbocycles. The first-order chi connectivity index (χ1) is 7.18. The van der Waals surface area contributed by atoms with Gasteiger partial charge in [-0.2, -0.15) is 0 Å². The van der Waals surface area contributed by atoms with Gasteiger partial charge in [0.1, 0.15) is 11.6 Å². The molecule has 0 aliphatic heterocycles. The van der Waals surface area contributed by atoms with Crippen LogP contribution in [0.2, 0.25) is 0 Å². The number of rotatable bonds is 1. The van der Waals surface area contributed by atoms with Gasteiger partial charge in [0.2, 0.25) is 0 Å². The van der Waals surface area contributed by atoms with Gasteiger partial charge in [-0.25, -0.2) is 8.78 Å². The Bertz CT molecular complexity index is 480. The first-order valence-electron chi connectivity index (χ1n) is 4.38. The Hall–Kier alpha value is -1.22. The largest absolute Gasteiger partial charge is 0.207 e. The van der Waals surface area contributed by atoms with Crippen molar-refractivity contribution in [1.29, 1.82) is 0 Å². The molecule has 0 radical (unpaired) electrons. The average Bonchev–Trinajstić information content (AvgIpc) is 2.24. The highest BCUT2D eigenvalue weighted by atomic mass is 79.9. The van der Waals surface area contributed by atoms with Crippen molar-refractivity contribution >= 4 is 15.9 Å². The molecule has 0 amide bonds. The number of hydrogen-bond donors (Lipinski definition) is 0. The molecule has 2 aromatic rings. The minimum atomic E-state index is -0.456. The standard InChI is InChI=1S/C12H7BrF2/c13-11-7-9(14)6-10(12(11)15)8-4-2-1-3-5-8/h1-7H. The second kappa shape index (κ2) is 4.11. The number of benzene rings is 2. The Balaban J connectivity index is 2.63. The molecule has 0 aromatic heterocycles. The molecule has 0 aliphatic rings. The summed E-state index contributed by atoms with van der Waals surface area (Å²) in [5.74, 6) is -0.898. The highest BCUT2D eigenvalue weighted by Gasteiger charge is 2.10. The van der Waals surface area contributed by atoms with E-state index >= 15 is 0 Å². The van der Waals surface area contributed by atoms with Crippen molar-refractivity contribution < 1.29 is 8.78 Å². The van der Waals surface area contributed by atoms with E-state index in [4.69, 9.17) is 0 Å². The maximum Gasteiger partial charge on any atom is 0.145 e. The van der Waals surface area contributed by atoms with Gasteiger partial charge in [-0.05, 0) is 33.6 Å². The molecule has 0 aliphatic carbocycles. The van der Waals surface area contributed by atoms with Crippen LogP contribution in [0.1, 0.15) is 0 Å². The molecule has 0 heterocycles. The SMILES string of the molecule is Fc1cc(Br)c(F)c(-c2ccccc2)c1. The van der Waals surface area contributed by atoms with Crippen LogP contribution >= 0.6 is 15.9 Å². The van der Waals surface area contributed by atoms with Crippen LogP contribution < -0.4 is 0 Å². The normalized spacial score (nSPS) is 10.3. The second-order valence-electron chi connectivity index (χ2n) is 3.12. The molecule has 0 unspecified atom stereocenters. The van der Waals surface area contributed by atoms with Crippen LogP contribution in [0, 0.1) is 11.6 Å². The highest BCUT2D eigenvalue weighted by Crippen LogP contribution is 2.28. The smallest absolute Gasteiger partial charge is 0.145 e. The topological polar surface area (TPSA) is 0 Å². The van der Waals surface area contributed by atoms with Gasteiger partial charge in [-0.15, -0.1) is 0 Å². The maximum absolute atomic E-state index is 13.7. The number of halogens is 3. The van der Waals surface area contributed by atoms with Crippen molar-refractivity contribution in [3.05, 3.63) is 58.6 Å². The quantitative estimate of drug-likeness (QED) is 0.673. The van der Waals surface area contributed by atoms with Gasteiger partial charge in [0.25, 0.3) is 0 Å². The van der Waals surface area contributed by atoms with Crippen molar-refractivity contribution in [2.45, 2.75) is 0 Å². The summed E-state index contributed by atoms with van der Waals surface area (Å²) in [4.78, 5) is 0. The van der Waals surface area contributed by atoms with Crippen LogP contribution in [-0.4, -0.2) is 0 Å². The van der Waals surface area contributed by atoms with Crippen LogP contribution in [0.15, 0.2) is 46.9 Å². The molecule has 15 heavy (non-hydrogen) atoms. The summed E-state index contributed by atoms with van der Waals surface area (Å²) in [6, 6.07) is 11.2. The van der Waals surface area contributed by atoms with E-state index in [1.54, 1.807) is 24.3 Å². The molecule has 0 saturated heterocycles. The van der Waals surface area contributed by atoms with Gasteiger partial charge in [-0.3, -0.25) is 0 Å². The third kappa shape index (κ3) is 2.07. The van der Waals surface area contributed by atoms with Gasteiger partial charge in [0.05, 0.1) is 4.47 Å². The summed E-state index contributed by atoms with van der Waals surface area (Å²) in [7, 11) is 0. The van der Waals surface area contributed by atoms with E-state index in [1.165, 1.54) is 6.07 Å². The Morgan fingerprint density at radius 3 is 2.27 bits per heavy atom. The third-order valence-corrected chi connectivity index (χ3v) is 2.65. The third-order valence-electron chi connectivity index (χ3n) is 2.08. The predicted octanol–water partition coefficient (Wildman–Crippen LogP) is 4.39. The summed E-state index contributed by atoms with van der Waals surface area (Å²) in [6.07, 6.45) is 0. The summed E-state index contributed by atoms with van der Waals surface area (Å²) in [5.41, 5.74) is 0.928. The Morgan fingerprint density at radius 1 is 0.933 bits per heavy atom. The summed E-state index contributed by atoms with van der Waals surface area (Å²) < 4.78 is 26.9. The van der Waals surface area contributed by atoms with E-state index in [9.17, 15) is 8.78 Å². The summed E-state index contributed by atoms with van der Waals surface area (Å²) in [6.45, 7) is 0. The average molecular weight is 269 g/mol. The van der Waals surface area contributed by atoms with Gasteiger partial charge < -0.3 is 0 Å². The Morgan fingerprint density at radius 2 is 1.60 bits per heavy atom. The first kappa shape index (κ1) is 10.3. The molecular formula is C12H7BrF2. The molecule has 0 atom stereocenters. The van der Waals surface area contributed by atoms with Gasteiger partial charge >= 0.3 is 0 Å². The van der Waals surface area contributed by atoms with Gasteiger partial charge in [-0.1, -0.05) is 30.3 Å². The summed E-state index contributed by atoms with van der Waals surface area (Å²) >= 11 is 2.98. The predicted molar refractivity (Wildman–Crippen MR) is 59.5 cm³/mol. The van der Waals surface area contributed by atoms with Crippen molar-refractivity contribution in [2.24, 2.45) is 0 Å². The van der Waals surface area contributed by atoms with E-state index < -0.39 is 11.6 Å². The molecule has 2 aromatic carbocycles. The second-order valence-corrected chi connectivity index (χ2v) is 3.97. The molecule has 2 rings (SSSR count). The lowest BCUT2D eigenvalue weighted by molar-refractivity contribution is 0.597.